The Labute approximate surface area is 152 Å². The van der Waals surface area contributed by atoms with Crippen LogP contribution in [0.3, 0.4) is 0 Å². The third-order valence-electron chi connectivity index (χ3n) is 4.12. The van der Waals surface area contributed by atoms with Crippen LogP contribution in [0, 0.1) is 13.8 Å². The maximum Gasteiger partial charge on any atom is 0.235 e. The van der Waals surface area contributed by atoms with Gasteiger partial charge in [0, 0.05) is 18.3 Å². The third kappa shape index (κ3) is 2.49. The monoisotopic (exact) mass is 374 g/mol. The Hall–Kier alpha value is -2.45. The minimum absolute atomic E-state index is 0.546. The summed E-state index contributed by atoms with van der Waals surface area (Å²) in [6, 6.07) is 5.60. The van der Waals surface area contributed by atoms with Gasteiger partial charge in [0.15, 0.2) is 5.82 Å². The van der Waals surface area contributed by atoms with Crippen LogP contribution in [0.2, 0.25) is 5.02 Å². The molecule has 25 heavy (non-hydrogen) atoms. The topological polar surface area (TPSA) is 70.1 Å². The third-order valence-corrected chi connectivity index (χ3v) is 5.37. The van der Waals surface area contributed by atoms with Gasteiger partial charge in [-0.3, -0.25) is 4.68 Å². The minimum atomic E-state index is 0.546. The molecule has 0 aliphatic rings. The van der Waals surface area contributed by atoms with E-state index in [9.17, 15) is 0 Å². The van der Waals surface area contributed by atoms with Crippen LogP contribution in [-0.2, 0) is 7.05 Å². The van der Waals surface area contributed by atoms with Gasteiger partial charge in [0.2, 0.25) is 4.96 Å². The second-order valence-corrected chi connectivity index (χ2v) is 7.01. The molecule has 0 unspecified atom stereocenters. The Kier molecular flexibility index (Phi) is 3.73. The lowest BCUT2D eigenvalue weighted by Gasteiger charge is -2.03. The highest BCUT2D eigenvalue weighted by atomic mass is 35.5. The van der Waals surface area contributed by atoms with Crippen molar-refractivity contribution in [1.82, 2.24) is 29.6 Å². The molecule has 0 spiro atoms. The summed E-state index contributed by atoms with van der Waals surface area (Å²) in [6.07, 6.45) is 0. The first kappa shape index (κ1) is 16.0. The molecule has 128 valence electrons. The lowest BCUT2D eigenvalue weighted by atomic mass is 10.2. The number of benzene rings is 1. The minimum Gasteiger partial charge on any atom is -0.495 e. The van der Waals surface area contributed by atoms with Crippen LogP contribution >= 0.6 is 22.9 Å². The number of aromatic nitrogens is 6. The van der Waals surface area contributed by atoms with Crippen molar-refractivity contribution >= 4 is 27.9 Å². The van der Waals surface area contributed by atoms with E-state index in [1.165, 1.54) is 11.3 Å². The molecule has 0 aliphatic heterocycles. The Morgan fingerprint density at radius 2 is 1.96 bits per heavy atom. The van der Waals surface area contributed by atoms with Crippen molar-refractivity contribution in [2.24, 2.45) is 7.05 Å². The van der Waals surface area contributed by atoms with E-state index in [2.05, 4.69) is 20.4 Å². The summed E-state index contributed by atoms with van der Waals surface area (Å²) in [7, 11) is 3.50. The first-order valence-electron chi connectivity index (χ1n) is 7.56. The van der Waals surface area contributed by atoms with E-state index in [0.29, 0.717) is 16.6 Å². The molecule has 0 N–H and O–H groups in total. The molecule has 3 aromatic heterocycles. The van der Waals surface area contributed by atoms with Crippen molar-refractivity contribution in [3.63, 3.8) is 0 Å². The second kappa shape index (κ2) is 5.82. The van der Waals surface area contributed by atoms with Crippen molar-refractivity contribution < 1.29 is 4.74 Å². The van der Waals surface area contributed by atoms with Gasteiger partial charge in [-0.1, -0.05) is 22.9 Å². The van der Waals surface area contributed by atoms with E-state index in [1.54, 1.807) is 11.6 Å². The van der Waals surface area contributed by atoms with E-state index in [1.807, 2.05) is 43.8 Å². The van der Waals surface area contributed by atoms with Gasteiger partial charge >= 0.3 is 0 Å². The SMILES string of the molecule is COc1ccc(-c2nn3c(-c4c(C)nn(C)c4C)nnc3s2)cc1Cl. The first-order chi connectivity index (χ1) is 12.0. The Balaban J connectivity index is 1.85. The summed E-state index contributed by atoms with van der Waals surface area (Å²) in [5, 5.41) is 19.1. The average molecular weight is 375 g/mol. The molecule has 0 bridgehead atoms. The first-order valence-corrected chi connectivity index (χ1v) is 8.75. The summed E-state index contributed by atoms with van der Waals surface area (Å²) < 4.78 is 8.79. The summed E-state index contributed by atoms with van der Waals surface area (Å²) in [5.74, 6) is 1.33. The lowest BCUT2D eigenvalue weighted by Crippen LogP contribution is -1.95. The molecule has 0 saturated carbocycles. The number of methoxy groups -OCH3 is 1. The molecule has 0 atom stereocenters. The maximum absolute atomic E-state index is 6.23. The molecule has 0 aliphatic carbocycles. The molecule has 9 heteroatoms. The van der Waals surface area contributed by atoms with Crippen LogP contribution in [-0.4, -0.2) is 36.7 Å². The molecule has 3 heterocycles. The molecule has 7 nitrogen and oxygen atoms in total. The van der Waals surface area contributed by atoms with Crippen LogP contribution in [0.5, 0.6) is 5.75 Å². The predicted molar refractivity (Wildman–Crippen MR) is 97.3 cm³/mol. The zero-order valence-corrected chi connectivity index (χ0v) is 15.7. The van der Waals surface area contributed by atoms with Gasteiger partial charge in [-0.2, -0.15) is 14.7 Å². The summed E-state index contributed by atoms with van der Waals surface area (Å²) in [6.45, 7) is 3.97. The Bertz CT molecular complexity index is 1100. The van der Waals surface area contributed by atoms with Gasteiger partial charge < -0.3 is 4.74 Å². The Morgan fingerprint density at radius 1 is 1.16 bits per heavy atom. The van der Waals surface area contributed by atoms with Crippen LogP contribution in [0.15, 0.2) is 18.2 Å². The molecule has 0 fully saturated rings. The van der Waals surface area contributed by atoms with E-state index >= 15 is 0 Å². The van der Waals surface area contributed by atoms with E-state index in [0.717, 1.165) is 32.5 Å². The number of nitrogens with zero attached hydrogens (tertiary/aromatic N) is 6. The zero-order chi connectivity index (χ0) is 17.7. The number of halogens is 1. The zero-order valence-electron chi connectivity index (χ0n) is 14.1. The number of rotatable bonds is 3. The van der Waals surface area contributed by atoms with E-state index < -0.39 is 0 Å². The van der Waals surface area contributed by atoms with Crippen LogP contribution in [0.1, 0.15) is 11.4 Å². The van der Waals surface area contributed by atoms with E-state index in [4.69, 9.17) is 16.3 Å². The number of fused-ring (bicyclic) bond motifs is 1. The van der Waals surface area contributed by atoms with Crippen molar-refractivity contribution in [2.45, 2.75) is 13.8 Å². The number of aryl methyl sites for hydroxylation is 2. The predicted octanol–water partition coefficient (Wildman–Crippen LogP) is 3.53. The van der Waals surface area contributed by atoms with E-state index in [-0.39, 0.29) is 0 Å². The van der Waals surface area contributed by atoms with Crippen molar-refractivity contribution in [3.8, 4) is 27.7 Å². The van der Waals surface area contributed by atoms with Crippen molar-refractivity contribution in [2.75, 3.05) is 7.11 Å². The second-order valence-electron chi connectivity index (χ2n) is 5.64. The van der Waals surface area contributed by atoms with Crippen LogP contribution in [0.25, 0.3) is 26.9 Å². The van der Waals surface area contributed by atoms with Gasteiger partial charge in [-0.25, -0.2) is 0 Å². The van der Waals surface area contributed by atoms with Gasteiger partial charge in [-0.05, 0) is 32.0 Å². The fourth-order valence-corrected chi connectivity index (χ4v) is 3.88. The van der Waals surface area contributed by atoms with Crippen LogP contribution in [0.4, 0.5) is 0 Å². The molecule has 0 radical (unpaired) electrons. The maximum atomic E-state index is 6.23. The van der Waals surface area contributed by atoms with Crippen molar-refractivity contribution in [1.29, 1.82) is 0 Å². The summed E-state index contributed by atoms with van der Waals surface area (Å²) in [4.78, 5) is 0.722. The fourth-order valence-electron chi connectivity index (χ4n) is 2.79. The molecule has 4 rings (SSSR count). The highest BCUT2D eigenvalue weighted by Gasteiger charge is 2.20. The normalized spacial score (nSPS) is 11.4. The quantitative estimate of drug-likeness (QED) is 0.548. The molecular formula is C16H15ClN6OS. The number of ether oxygens (including phenoxy) is 1. The van der Waals surface area contributed by atoms with Gasteiger partial charge in [0.1, 0.15) is 10.8 Å². The molecule has 0 amide bonds. The number of hydrogen-bond acceptors (Lipinski definition) is 6. The summed E-state index contributed by atoms with van der Waals surface area (Å²) >= 11 is 7.69. The largest absolute Gasteiger partial charge is 0.495 e. The summed E-state index contributed by atoms with van der Waals surface area (Å²) in [5.41, 5.74) is 3.79. The van der Waals surface area contributed by atoms with Gasteiger partial charge in [0.25, 0.3) is 0 Å². The highest BCUT2D eigenvalue weighted by molar-refractivity contribution is 7.19. The van der Waals surface area contributed by atoms with Gasteiger partial charge in [0.05, 0.1) is 23.4 Å². The van der Waals surface area contributed by atoms with Crippen molar-refractivity contribution in [3.05, 3.63) is 34.6 Å². The lowest BCUT2D eigenvalue weighted by molar-refractivity contribution is 0.415. The average Bonchev–Trinajstić information content (AvgIpc) is 3.22. The van der Waals surface area contributed by atoms with Gasteiger partial charge in [-0.15, -0.1) is 10.2 Å². The molecular weight excluding hydrogens is 360 g/mol. The highest BCUT2D eigenvalue weighted by Crippen LogP contribution is 2.34. The standard InChI is InChI=1S/C16H15ClN6OS/c1-8-13(9(2)22(3)20-8)14-18-19-16-23(14)21-15(25-16)10-5-6-12(24-4)11(17)7-10/h5-7H,1-4H3. The molecule has 4 aromatic rings. The smallest absolute Gasteiger partial charge is 0.235 e. The Morgan fingerprint density at radius 3 is 2.60 bits per heavy atom. The molecule has 0 saturated heterocycles. The van der Waals surface area contributed by atoms with Crippen LogP contribution < -0.4 is 4.74 Å². The fraction of sp³-hybridized carbons (Fsp3) is 0.250. The number of hydrogen-bond donors (Lipinski definition) is 0. The molecule has 1 aromatic carbocycles.